The molecule has 1 aromatic carbocycles. The third-order valence-electron chi connectivity index (χ3n) is 4.15. The molecule has 1 aromatic heterocycles. The molecule has 1 saturated heterocycles. The number of halogens is 1. The van der Waals surface area contributed by atoms with Crippen LogP contribution in [0.15, 0.2) is 51.8 Å². The smallest absolute Gasteiger partial charge is 0.246 e. The molecular weight excluding hydrogens is 359 g/mol. The average molecular weight is 378 g/mol. The maximum atomic E-state index is 13.0. The van der Waals surface area contributed by atoms with Gasteiger partial charge in [0.25, 0.3) is 0 Å². The van der Waals surface area contributed by atoms with E-state index in [0.717, 1.165) is 17.9 Å². The minimum atomic E-state index is -3.68. The number of piperazine rings is 1. The summed E-state index contributed by atoms with van der Waals surface area (Å²) in [6, 6.07) is 8.31. The molecule has 6 nitrogen and oxygen atoms in total. The minimum Gasteiger partial charge on any atom is -0.462 e. The van der Waals surface area contributed by atoms with E-state index in [9.17, 15) is 17.6 Å². The molecule has 26 heavy (non-hydrogen) atoms. The summed E-state index contributed by atoms with van der Waals surface area (Å²) in [7, 11) is -3.68. The molecule has 0 radical (unpaired) electrons. The first-order valence-corrected chi connectivity index (χ1v) is 9.59. The van der Waals surface area contributed by atoms with Gasteiger partial charge in [-0.25, -0.2) is 12.8 Å². The van der Waals surface area contributed by atoms with Crippen LogP contribution >= 0.6 is 0 Å². The van der Waals surface area contributed by atoms with Crippen LogP contribution in [0.5, 0.6) is 0 Å². The SMILES string of the molecule is Cc1ccc(/C=C/C(=O)N2CCN(S(=O)(=O)c3ccc(F)cc3)CC2)o1. The van der Waals surface area contributed by atoms with Gasteiger partial charge in [0.15, 0.2) is 0 Å². The number of hydrogen-bond acceptors (Lipinski definition) is 4. The van der Waals surface area contributed by atoms with Gasteiger partial charge >= 0.3 is 0 Å². The van der Waals surface area contributed by atoms with Crippen molar-refractivity contribution in [3.8, 4) is 0 Å². The van der Waals surface area contributed by atoms with Crippen LogP contribution in [-0.2, 0) is 14.8 Å². The van der Waals surface area contributed by atoms with Crippen LogP contribution < -0.4 is 0 Å². The Balaban J connectivity index is 1.60. The van der Waals surface area contributed by atoms with E-state index >= 15 is 0 Å². The van der Waals surface area contributed by atoms with Crippen LogP contribution in [0.1, 0.15) is 11.5 Å². The monoisotopic (exact) mass is 378 g/mol. The highest BCUT2D eigenvalue weighted by molar-refractivity contribution is 7.89. The molecule has 1 aliphatic rings. The first-order chi connectivity index (χ1) is 12.4. The number of benzene rings is 1. The lowest BCUT2D eigenvalue weighted by Gasteiger charge is -2.33. The van der Waals surface area contributed by atoms with Crippen LogP contribution in [0, 0.1) is 12.7 Å². The molecule has 0 atom stereocenters. The molecule has 0 N–H and O–H groups in total. The maximum Gasteiger partial charge on any atom is 0.246 e. The van der Waals surface area contributed by atoms with Crippen molar-refractivity contribution < 1.29 is 22.0 Å². The van der Waals surface area contributed by atoms with E-state index in [0.29, 0.717) is 18.8 Å². The molecule has 0 aliphatic carbocycles. The van der Waals surface area contributed by atoms with E-state index in [4.69, 9.17) is 4.42 Å². The van der Waals surface area contributed by atoms with Gasteiger partial charge in [0.2, 0.25) is 15.9 Å². The first-order valence-electron chi connectivity index (χ1n) is 8.15. The highest BCUT2D eigenvalue weighted by atomic mass is 32.2. The van der Waals surface area contributed by atoms with Crippen molar-refractivity contribution in [3.05, 3.63) is 59.8 Å². The molecule has 0 bridgehead atoms. The first kappa shape index (κ1) is 18.3. The number of carbonyl (C=O) groups excluding carboxylic acids is 1. The average Bonchev–Trinajstić information content (AvgIpc) is 3.05. The van der Waals surface area contributed by atoms with Gasteiger partial charge in [0, 0.05) is 32.3 Å². The van der Waals surface area contributed by atoms with Gasteiger partial charge in [-0.1, -0.05) is 0 Å². The van der Waals surface area contributed by atoms with Gasteiger partial charge in [-0.05, 0) is 49.4 Å². The summed E-state index contributed by atoms with van der Waals surface area (Å²) in [5.41, 5.74) is 0. The topological polar surface area (TPSA) is 70.8 Å². The highest BCUT2D eigenvalue weighted by Crippen LogP contribution is 2.18. The summed E-state index contributed by atoms with van der Waals surface area (Å²) >= 11 is 0. The number of sulfonamides is 1. The molecule has 1 amide bonds. The summed E-state index contributed by atoms with van der Waals surface area (Å²) in [5.74, 6) is 0.667. The lowest BCUT2D eigenvalue weighted by molar-refractivity contribution is -0.127. The van der Waals surface area contributed by atoms with E-state index in [1.165, 1.54) is 22.5 Å². The Labute approximate surface area is 151 Å². The molecule has 0 unspecified atom stereocenters. The second kappa shape index (κ2) is 7.43. The summed E-state index contributed by atoms with van der Waals surface area (Å²) in [6.07, 6.45) is 3.01. The molecule has 2 aromatic rings. The summed E-state index contributed by atoms with van der Waals surface area (Å²) in [5, 5.41) is 0. The number of hydrogen-bond donors (Lipinski definition) is 0. The van der Waals surface area contributed by atoms with Crippen LogP contribution in [0.3, 0.4) is 0 Å². The predicted molar refractivity (Wildman–Crippen MR) is 94.2 cm³/mol. The second-order valence-corrected chi connectivity index (χ2v) is 7.90. The Morgan fingerprint density at radius 1 is 1.08 bits per heavy atom. The zero-order chi connectivity index (χ0) is 18.7. The van der Waals surface area contributed by atoms with Crippen molar-refractivity contribution in [1.29, 1.82) is 0 Å². The normalized spacial score (nSPS) is 16.3. The number of rotatable bonds is 4. The molecule has 0 saturated carbocycles. The van der Waals surface area contributed by atoms with Crippen molar-refractivity contribution in [3.63, 3.8) is 0 Å². The third kappa shape index (κ3) is 4.03. The lowest BCUT2D eigenvalue weighted by Crippen LogP contribution is -2.50. The molecular formula is C18H19FN2O4S. The molecule has 3 rings (SSSR count). The fourth-order valence-corrected chi connectivity index (χ4v) is 4.13. The Hall–Kier alpha value is -2.45. The molecule has 138 valence electrons. The Kier molecular flexibility index (Phi) is 5.24. The second-order valence-electron chi connectivity index (χ2n) is 5.97. The van der Waals surface area contributed by atoms with Gasteiger partial charge < -0.3 is 9.32 Å². The number of nitrogens with zero attached hydrogens (tertiary/aromatic N) is 2. The van der Waals surface area contributed by atoms with Gasteiger partial charge in [-0.15, -0.1) is 0 Å². The molecule has 1 fully saturated rings. The maximum absolute atomic E-state index is 13.0. The van der Waals surface area contributed by atoms with Gasteiger partial charge in [0.1, 0.15) is 17.3 Å². The van der Waals surface area contributed by atoms with E-state index in [1.54, 1.807) is 17.0 Å². The minimum absolute atomic E-state index is 0.0479. The van der Waals surface area contributed by atoms with E-state index in [-0.39, 0.29) is 23.9 Å². The van der Waals surface area contributed by atoms with Crippen LogP contribution in [0.2, 0.25) is 0 Å². The standard InChI is InChI=1S/C18H19FN2O4S/c1-14-2-5-16(25-14)6-9-18(22)20-10-12-21(13-11-20)26(23,24)17-7-3-15(19)4-8-17/h2-9H,10-13H2,1H3/b9-6+. The fraction of sp³-hybridized carbons (Fsp3) is 0.278. The number of amides is 1. The molecule has 1 aliphatic heterocycles. The quantitative estimate of drug-likeness (QED) is 0.766. The zero-order valence-electron chi connectivity index (χ0n) is 14.3. The van der Waals surface area contributed by atoms with Gasteiger partial charge in [0.05, 0.1) is 4.90 Å². The largest absolute Gasteiger partial charge is 0.462 e. The molecule has 2 heterocycles. The van der Waals surface area contributed by atoms with E-state index < -0.39 is 15.8 Å². The number of aryl methyl sites for hydroxylation is 1. The van der Waals surface area contributed by atoms with Crippen molar-refractivity contribution >= 4 is 22.0 Å². The van der Waals surface area contributed by atoms with E-state index in [1.807, 2.05) is 13.0 Å². The van der Waals surface area contributed by atoms with Crippen molar-refractivity contribution in [2.45, 2.75) is 11.8 Å². The van der Waals surface area contributed by atoms with Crippen LogP contribution in [0.25, 0.3) is 6.08 Å². The fourth-order valence-electron chi connectivity index (χ4n) is 2.71. The highest BCUT2D eigenvalue weighted by Gasteiger charge is 2.29. The molecule has 0 spiro atoms. The Morgan fingerprint density at radius 3 is 2.31 bits per heavy atom. The Bertz CT molecular complexity index is 911. The zero-order valence-corrected chi connectivity index (χ0v) is 15.1. The summed E-state index contributed by atoms with van der Waals surface area (Å²) in [4.78, 5) is 13.9. The predicted octanol–water partition coefficient (Wildman–Crippen LogP) is 2.27. The van der Waals surface area contributed by atoms with E-state index in [2.05, 4.69) is 0 Å². The third-order valence-corrected chi connectivity index (χ3v) is 6.07. The van der Waals surface area contributed by atoms with Crippen LogP contribution in [-0.4, -0.2) is 49.7 Å². The Morgan fingerprint density at radius 2 is 1.73 bits per heavy atom. The van der Waals surface area contributed by atoms with Gasteiger partial charge in [-0.2, -0.15) is 4.31 Å². The van der Waals surface area contributed by atoms with Gasteiger partial charge in [-0.3, -0.25) is 4.79 Å². The van der Waals surface area contributed by atoms with Crippen LogP contribution in [0.4, 0.5) is 4.39 Å². The number of carbonyl (C=O) groups is 1. The van der Waals surface area contributed by atoms with Crippen molar-refractivity contribution in [1.82, 2.24) is 9.21 Å². The van der Waals surface area contributed by atoms with Crippen molar-refractivity contribution in [2.24, 2.45) is 0 Å². The number of furan rings is 1. The summed E-state index contributed by atoms with van der Waals surface area (Å²) in [6.45, 7) is 2.79. The molecule has 8 heteroatoms. The van der Waals surface area contributed by atoms with Crippen molar-refractivity contribution in [2.75, 3.05) is 26.2 Å². The lowest BCUT2D eigenvalue weighted by atomic mass is 10.3. The summed E-state index contributed by atoms with van der Waals surface area (Å²) < 4.78 is 44.8.